The van der Waals surface area contributed by atoms with Gasteiger partial charge in [0.2, 0.25) is 5.91 Å². The van der Waals surface area contributed by atoms with Crippen molar-refractivity contribution in [2.75, 3.05) is 0 Å². The topological polar surface area (TPSA) is 55.1 Å². The predicted molar refractivity (Wildman–Crippen MR) is 73.0 cm³/mol. The molecule has 0 fully saturated rings. The second-order valence-electron chi connectivity index (χ2n) is 5.03. The van der Waals surface area contributed by atoms with Crippen molar-refractivity contribution in [2.24, 2.45) is 11.7 Å². The average molecular weight is 244 g/mol. The largest absolute Gasteiger partial charge is 0.349 e. The van der Waals surface area contributed by atoms with Gasteiger partial charge in [0.05, 0.1) is 12.0 Å². The number of hydrogen-bond donors (Lipinski definition) is 2. The van der Waals surface area contributed by atoms with Crippen LogP contribution >= 0.6 is 0 Å². The van der Waals surface area contributed by atoms with Crippen molar-refractivity contribution in [3.63, 3.8) is 0 Å². The third-order valence-corrected chi connectivity index (χ3v) is 3.39. The van der Waals surface area contributed by atoms with Gasteiger partial charge in [-0.3, -0.25) is 4.79 Å². The average Bonchev–Trinajstić information content (AvgIpc) is 2.76. The fourth-order valence-electron chi connectivity index (χ4n) is 2.18. The molecule has 1 amide bonds. The molecule has 0 aromatic heterocycles. The van der Waals surface area contributed by atoms with Crippen LogP contribution in [0.4, 0.5) is 0 Å². The molecule has 1 aliphatic carbocycles. The third kappa shape index (κ3) is 2.99. The highest BCUT2D eigenvalue weighted by molar-refractivity contribution is 5.81. The van der Waals surface area contributed by atoms with E-state index in [9.17, 15) is 4.79 Å². The SMILES string of the molecule is Cc1ccc([C@H](C)NC(=O)C2C=CC(N)C2)cc1. The highest BCUT2D eigenvalue weighted by atomic mass is 16.1. The number of nitrogens with one attached hydrogen (secondary N) is 1. The standard InChI is InChI=1S/C15H20N2O/c1-10-3-5-12(6-4-10)11(2)17-15(18)13-7-8-14(16)9-13/h3-8,11,13-14H,9,16H2,1-2H3,(H,17,18)/t11-,13?,14?/m0/s1. The molecule has 0 bridgehead atoms. The van der Waals surface area contributed by atoms with Crippen LogP contribution in [-0.2, 0) is 4.79 Å². The van der Waals surface area contributed by atoms with E-state index in [1.165, 1.54) is 5.56 Å². The number of carbonyl (C=O) groups is 1. The van der Waals surface area contributed by atoms with E-state index in [1.807, 2.05) is 19.1 Å². The first-order valence-electron chi connectivity index (χ1n) is 6.37. The lowest BCUT2D eigenvalue weighted by Crippen LogP contribution is -2.32. The number of amides is 1. The molecule has 2 unspecified atom stereocenters. The monoisotopic (exact) mass is 244 g/mol. The van der Waals surface area contributed by atoms with Gasteiger partial charge in [-0.2, -0.15) is 0 Å². The Balaban J connectivity index is 1.95. The van der Waals surface area contributed by atoms with Gasteiger partial charge >= 0.3 is 0 Å². The molecule has 3 nitrogen and oxygen atoms in total. The zero-order valence-corrected chi connectivity index (χ0v) is 10.9. The first kappa shape index (κ1) is 12.8. The maximum atomic E-state index is 12.0. The molecule has 3 heteroatoms. The van der Waals surface area contributed by atoms with E-state index < -0.39 is 0 Å². The molecule has 1 aromatic carbocycles. The van der Waals surface area contributed by atoms with Crippen LogP contribution < -0.4 is 11.1 Å². The van der Waals surface area contributed by atoms with Crippen LogP contribution in [0, 0.1) is 12.8 Å². The van der Waals surface area contributed by atoms with Crippen LogP contribution in [0.5, 0.6) is 0 Å². The summed E-state index contributed by atoms with van der Waals surface area (Å²) < 4.78 is 0. The minimum Gasteiger partial charge on any atom is -0.349 e. The summed E-state index contributed by atoms with van der Waals surface area (Å²) >= 11 is 0. The Morgan fingerprint density at radius 3 is 2.56 bits per heavy atom. The molecule has 3 N–H and O–H groups in total. The van der Waals surface area contributed by atoms with Crippen LogP contribution in [-0.4, -0.2) is 11.9 Å². The smallest absolute Gasteiger partial charge is 0.227 e. The van der Waals surface area contributed by atoms with Gasteiger partial charge in [-0.05, 0) is 25.8 Å². The Hall–Kier alpha value is -1.61. The number of rotatable bonds is 3. The Bertz CT molecular complexity index is 450. The van der Waals surface area contributed by atoms with Gasteiger partial charge in [-0.25, -0.2) is 0 Å². The number of aryl methyl sites for hydroxylation is 1. The van der Waals surface area contributed by atoms with Crippen molar-refractivity contribution < 1.29 is 4.79 Å². The summed E-state index contributed by atoms with van der Waals surface area (Å²) in [6, 6.07) is 8.28. The minimum atomic E-state index is -0.0760. The molecule has 0 heterocycles. The lowest BCUT2D eigenvalue weighted by atomic mass is 10.0. The molecule has 96 valence electrons. The lowest BCUT2D eigenvalue weighted by Gasteiger charge is -2.17. The number of carbonyl (C=O) groups excluding carboxylic acids is 1. The van der Waals surface area contributed by atoms with E-state index in [0.717, 1.165) is 5.56 Å². The fourth-order valence-corrected chi connectivity index (χ4v) is 2.18. The van der Waals surface area contributed by atoms with E-state index in [1.54, 1.807) is 0 Å². The van der Waals surface area contributed by atoms with Gasteiger partial charge in [0, 0.05) is 6.04 Å². The number of hydrogen-bond acceptors (Lipinski definition) is 2. The van der Waals surface area contributed by atoms with E-state index in [-0.39, 0.29) is 23.9 Å². The van der Waals surface area contributed by atoms with Gasteiger partial charge in [0.15, 0.2) is 0 Å². The van der Waals surface area contributed by atoms with Gasteiger partial charge in [0.1, 0.15) is 0 Å². The van der Waals surface area contributed by atoms with Gasteiger partial charge in [-0.1, -0.05) is 42.0 Å². The second kappa shape index (κ2) is 5.36. The lowest BCUT2D eigenvalue weighted by molar-refractivity contribution is -0.124. The van der Waals surface area contributed by atoms with Crippen molar-refractivity contribution in [3.8, 4) is 0 Å². The first-order chi connectivity index (χ1) is 8.56. The normalized spacial score (nSPS) is 23.9. The van der Waals surface area contributed by atoms with E-state index in [4.69, 9.17) is 5.73 Å². The molecular formula is C15H20N2O. The summed E-state index contributed by atoms with van der Waals surface area (Å²) in [5.74, 6) is -0.0137. The van der Waals surface area contributed by atoms with Crippen LogP contribution in [0.25, 0.3) is 0 Å². The van der Waals surface area contributed by atoms with Crippen molar-refractivity contribution in [1.29, 1.82) is 0 Å². The van der Waals surface area contributed by atoms with Crippen molar-refractivity contribution in [3.05, 3.63) is 47.5 Å². The summed E-state index contributed by atoms with van der Waals surface area (Å²) in [6.07, 6.45) is 4.52. The Morgan fingerprint density at radius 1 is 1.33 bits per heavy atom. The van der Waals surface area contributed by atoms with Crippen LogP contribution in [0.15, 0.2) is 36.4 Å². The second-order valence-corrected chi connectivity index (χ2v) is 5.03. The highest BCUT2D eigenvalue weighted by Gasteiger charge is 2.23. The maximum Gasteiger partial charge on any atom is 0.227 e. The van der Waals surface area contributed by atoms with Crippen LogP contribution in [0.3, 0.4) is 0 Å². The summed E-state index contributed by atoms with van der Waals surface area (Å²) in [5, 5.41) is 3.03. The summed E-state index contributed by atoms with van der Waals surface area (Å²) in [5.41, 5.74) is 8.10. The quantitative estimate of drug-likeness (QED) is 0.800. The molecule has 0 saturated heterocycles. The molecule has 0 radical (unpaired) electrons. The van der Waals surface area contributed by atoms with Gasteiger partial charge in [-0.15, -0.1) is 0 Å². The highest BCUT2D eigenvalue weighted by Crippen LogP contribution is 2.19. The molecule has 0 aliphatic heterocycles. The molecule has 0 saturated carbocycles. The summed E-state index contributed by atoms with van der Waals surface area (Å²) in [6.45, 7) is 4.05. The predicted octanol–water partition coefficient (Wildman–Crippen LogP) is 2.08. The minimum absolute atomic E-state index is 0.0235. The molecule has 2 rings (SSSR count). The Labute approximate surface area is 108 Å². The van der Waals surface area contributed by atoms with Gasteiger partial charge < -0.3 is 11.1 Å². The summed E-state index contributed by atoms with van der Waals surface area (Å²) in [4.78, 5) is 12.0. The molecule has 0 spiro atoms. The van der Waals surface area contributed by atoms with E-state index in [2.05, 4.69) is 36.5 Å². The maximum absolute atomic E-state index is 12.0. The summed E-state index contributed by atoms with van der Waals surface area (Å²) in [7, 11) is 0. The number of nitrogens with two attached hydrogens (primary N) is 1. The Kier molecular flexibility index (Phi) is 3.82. The molecule has 18 heavy (non-hydrogen) atoms. The molecule has 3 atom stereocenters. The zero-order valence-electron chi connectivity index (χ0n) is 10.9. The number of benzene rings is 1. The molecular weight excluding hydrogens is 224 g/mol. The fraction of sp³-hybridized carbons (Fsp3) is 0.400. The van der Waals surface area contributed by atoms with Crippen molar-refractivity contribution >= 4 is 5.91 Å². The molecule has 1 aromatic rings. The first-order valence-corrected chi connectivity index (χ1v) is 6.37. The van der Waals surface area contributed by atoms with Crippen LogP contribution in [0.1, 0.15) is 30.5 Å². The Morgan fingerprint density at radius 2 is 2.00 bits per heavy atom. The zero-order chi connectivity index (χ0) is 13.1. The molecule has 1 aliphatic rings. The van der Waals surface area contributed by atoms with E-state index >= 15 is 0 Å². The van der Waals surface area contributed by atoms with Gasteiger partial charge in [0.25, 0.3) is 0 Å². The van der Waals surface area contributed by atoms with E-state index in [0.29, 0.717) is 6.42 Å². The van der Waals surface area contributed by atoms with Crippen molar-refractivity contribution in [1.82, 2.24) is 5.32 Å². The van der Waals surface area contributed by atoms with Crippen LogP contribution in [0.2, 0.25) is 0 Å². The third-order valence-electron chi connectivity index (χ3n) is 3.39. The van der Waals surface area contributed by atoms with Crippen molar-refractivity contribution in [2.45, 2.75) is 32.4 Å².